The smallest absolute Gasteiger partial charge is 0.264 e. The van der Waals surface area contributed by atoms with Gasteiger partial charge in [0.1, 0.15) is 6.54 Å². The zero-order chi connectivity index (χ0) is 25.0. The van der Waals surface area contributed by atoms with Crippen molar-refractivity contribution in [2.75, 3.05) is 35.4 Å². The average molecular weight is 492 g/mol. The van der Waals surface area contributed by atoms with Crippen molar-refractivity contribution in [1.82, 2.24) is 5.32 Å². The molecule has 4 rings (SSSR count). The lowest BCUT2D eigenvalue weighted by molar-refractivity contribution is -0.119. The van der Waals surface area contributed by atoms with Gasteiger partial charge in [0.25, 0.3) is 10.0 Å². The van der Waals surface area contributed by atoms with Crippen molar-refractivity contribution in [1.29, 1.82) is 0 Å². The number of para-hydroxylation sites is 1. The summed E-state index contributed by atoms with van der Waals surface area (Å²) in [6.07, 6.45) is 1.83. The van der Waals surface area contributed by atoms with E-state index in [1.54, 1.807) is 30.3 Å². The van der Waals surface area contributed by atoms with Crippen LogP contribution in [0.2, 0.25) is 0 Å². The minimum atomic E-state index is -3.91. The molecule has 7 heteroatoms. The fraction of sp³-hybridized carbons (Fsp3) is 0.321. The number of amides is 1. The van der Waals surface area contributed by atoms with Gasteiger partial charge in [0.15, 0.2) is 0 Å². The molecule has 3 aromatic carbocycles. The van der Waals surface area contributed by atoms with Gasteiger partial charge in [-0.05, 0) is 80.6 Å². The van der Waals surface area contributed by atoms with Crippen LogP contribution in [0.15, 0.2) is 71.6 Å². The number of nitrogens with zero attached hydrogens (tertiary/aromatic N) is 2. The quantitative estimate of drug-likeness (QED) is 0.451. The Hall–Kier alpha value is -3.32. The molecule has 0 fully saturated rings. The van der Waals surface area contributed by atoms with Gasteiger partial charge in [0, 0.05) is 25.3 Å². The van der Waals surface area contributed by atoms with Crippen LogP contribution in [0.5, 0.6) is 0 Å². The van der Waals surface area contributed by atoms with Gasteiger partial charge in [-0.1, -0.05) is 42.0 Å². The van der Waals surface area contributed by atoms with E-state index in [0.717, 1.165) is 42.6 Å². The summed E-state index contributed by atoms with van der Waals surface area (Å²) >= 11 is 0. The first-order valence-corrected chi connectivity index (χ1v) is 13.5. The number of fused-ring (bicyclic) bond motifs is 1. The van der Waals surface area contributed by atoms with Crippen molar-refractivity contribution in [2.24, 2.45) is 0 Å². The lowest BCUT2D eigenvalue weighted by atomic mass is 10.1. The Morgan fingerprint density at radius 1 is 0.971 bits per heavy atom. The van der Waals surface area contributed by atoms with Crippen LogP contribution < -0.4 is 14.5 Å². The van der Waals surface area contributed by atoms with Crippen LogP contribution in [-0.4, -0.2) is 40.5 Å². The number of hydrogen-bond acceptors (Lipinski definition) is 4. The SMILES string of the molecule is Cc1ccc(S(=O)(=O)N(CC(=O)NCCCN2CCc3ccccc32)c2ccc(C)c(C)c2)cc1. The molecule has 0 atom stereocenters. The molecule has 6 nitrogen and oxygen atoms in total. The number of nitrogens with one attached hydrogen (secondary N) is 1. The van der Waals surface area contributed by atoms with Crippen LogP contribution in [0.25, 0.3) is 0 Å². The molecule has 0 aliphatic carbocycles. The molecule has 1 amide bonds. The Morgan fingerprint density at radius 3 is 2.46 bits per heavy atom. The second-order valence-corrected chi connectivity index (χ2v) is 11.0. The maximum Gasteiger partial charge on any atom is 0.264 e. The molecule has 0 radical (unpaired) electrons. The van der Waals surface area contributed by atoms with Gasteiger partial charge in [-0.25, -0.2) is 8.42 Å². The van der Waals surface area contributed by atoms with Crippen molar-refractivity contribution in [2.45, 2.75) is 38.5 Å². The van der Waals surface area contributed by atoms with Crippen molar-refractivity contribution in [3.8, 4) is 0 Å². The molecule has 184 valence electrons. The Kier molecular flexibility index (Phi) is 7.45. The largest absolute Gasteiger partial charge is 0.371 e. The van der Waals surface area contributed by atoms with Crippen molar-refractivity contribution in [3.05, 3.63) is 89.0 Å². The summed E-state index contributed by atoms with van der Waals surface area (Å²) in [5.41, 5.74) is 6.12. The van der Waals surface area contributed by atoms with E-state index in [9.17, 15) is 13.2 Å². The van der Waals surface area contributed by atoms with Crippen molar-refractivity contribution >= 4 is 27.3 Å². The van der Waals surface area contributed by atoms with Gasteiger partial charge in [0.05, 0.1) is 10.6 Å². The number of anilines is 2. The van der Waals surface area contributed by atoms with Gasteiger partial charge in [-0.2, -0.15) is 0 Å². The zero-order valence-electron chi connectivity index (χ0n) is 20.6. The highest BCUT2D eigenvalue weighted by Gasteiger charge is 2.27. The first kappa shape index (κ1) is 24.8. The summed E-state index contributed by atoms with van der Waals surface area (Å²) in [6, 6.07) is 20.6. The number of aryl methyl sites for hydroxylation is 3. The summed E-state index contributed by atoms with van der Waals surface area (Å²) in [4.78, 5) is 15.4. The van der Waals surface area contributed by atoms with Gasteiger partial charge in [-0.3, -0.25) is 9.10 Å². The molecule has 1 aliphatic heterocycles. The van der Waals surface area contributed by atoms with Gasteiger partial charge in [0.2, 0.25) is 5.91 Å². The number of rotatable bonds is 9. The van der Waals surface area contributed by atoms with Crippen LogP contribution in [-0.2, 0) is 21.2 Å². The maximum absolute atomic E-state index is 13.5. The molecule has 0 spiro atoms. The predicted molar refractivity (Wildman–Crippen MR) is 142 cm³/mol. The van der Waals surface area contributed by atoms with E-state index in [2.05, 4.69) is 34.5 Å². The predicted octanol–water partition coefficient (Wildman–Crippen LogP) is 4.38. The first-order valence-electron chi connectivity index (χ1n) is 12.0. The number of carbonyl (C=O) groups excluding carboxylic acids is 1. The number of sulfonamides is 1. The molecule has 35 heavy (non-hydrogen) atoms. The normalized spacial score (nSPS) is 12.9. The first-order chi connectivity index (χ1) is 16.8. The number of hydrogen-bond donors (Lipinski definition) is 1. The van der Waals surface area contributed by atoms with E-state index in [1.807, 2.05) is 32.9 Å². The zero-order valence-corrected chi connectivity index (χ0v) is 21.4. The van der Waals surface area contributed by atoms with E-state index >= 15 is 0 Å². The lowest BCUT2D eigenvalue weighted by Crippen LogP contribution is -2.41. The van der Waals surface area contributed by atoms with E-state index in [1.165, 1.54) is 15.6 Å². The fourth-order valence-electron chi connectivity index (χ4n) is 4.36. The molecular weight excluding hydrogens is 458 g/mol. The third-order valence-corrected chi connectivity index (χ3v) is 8.37. The molecule has 1 aliphatic rings. The molecule has 0 aromatic heterocycles. The van der Waals surface area contributed by atoms with Crippen LogP contribution >= 0.6 is 0 Å². The highest BCUT2D eigenvalue weighted by molar-refractivity contribution is 7.92. The van der Waals surface area contributed by atoms with Crippen LogP contribution in [0.4, 0.5) is 11.4 Å². The summed E-state index contributed by atoms with van der Waals surface area (Å²) in [5.74, 6) is -0.319. The molecule has 0 bridgehead atoms. The van der Waals surface area contributed by atoms with Crippen molar-refractivity contribution < 1.29 is 13.2 Å². The molecule has 0 saturated carbocycles. The fourth-order valence-corrected chi connectivity index (χ4v) is 5.77. The highest BCUT2D eigenvalue weighted by atomic mass is 32.2. The minimum Gasteiger partial charge on any atom is -0.371 e. The van der Waals surface area contributed by atoms with Gasteiger partial charge >= 0.3 is 0 Å². The van der Waals surface area contributed by atoms with Crippen LogP contribution in [0, 0.1) is 20.8 Å². The van der Waals surface area contributed by atoms with Crippen LogP contribution in [0.3, 0.4) is 0 Å². The van der Waals surface area contributed by atoms with Gasteiger partial charge in [-0.15, -0.1) is 0 Å². The summed E-state index contributed by atoms with van der Waals surface area (Å²) in [6.45, 7) is 7.87. The molecule has 3 aromatic rings. The van der Waals surface area contributed by atoms with E-state index in [-0.39, 0.29) is 17.3 Å². The van der Waals surface area contributed by atoms with Gasteiger partial charge < -0.3 is 10.2 Å². The Labute approximate surface area is 208 Å². The Bertz CT molecular complexity index is 1300. The third-order valence-electron chi connectivity index (χ3n) is 6.59. The molecule has 1 N–H and O–H groups in total. The Morgan fingerprint density at radius 2 is 1.71 bits per heavy atom. The summed E-state index contributed by atoms with van der Waals surface area (Å²) < 4.78 is 28.3. The standard InChI is InChI=1S/C28H33N3O3S/c1-21-9-13-26(14-10-21)35(33,34)31(25-12-11-22(2)23(3)19-25)20-28(32)29-16-6-17-30-18-15-24-7-4-5-8-27(24)30/h4-5,7-14,19H,6,15-18,20H2,1-3H3,(H,29,32). The number of benzene rings is 3. The molecular formula is C28H33N3O3S. The lowest BCUT2D eigenvalue weighted by Gasteiger charge is -2.25. The second-order valence-electron chi connectivity index (χ2n) is 9.16. The third kappa shape index (κ3) is 5.68. The monoisotopic (exact) mass is 491 g/mol. The second kappa shape index (κ2) is 10.5. The van der Waals surface area contributed by atoms with Crippen LogP contribution in [0.1, 0.15) is 28.7 Å². The van der Waals surface area contributed by atoms with E-state index < -0.39 is 10.0 Å². The molecule has 1 heterocycles. The van der Waals surface area contributed by atoms with Crippen molar-refractivity contribution in [3.63, 3.8) is 0 Å². The highest BCUT2D eigenvalue weighted by Crippen LogP contribution is 2.28. The molecule has 0 saturated heterocycles. The number of carbonyl (C=O) groups is 1. The topological polar surface area (TPSA) is 69.7 Å². The van der Waals surface area contributed by atoms with E-state index in [0.29, 0.717) is 12.2 Å². The summed E-state index contributed by atoms with van der Waals surface area (Å²) in [7, 11) is -3.91. The maximum atomic E-state index is 13.5. The average Bonchev–Trinajstić information content (AvgIpc) is 3.25. The Balaban J connectivity index is 1.43. The minimum absolute atomic E-state index is 0.168. The van der Waals surface area contributed by atoms with E-state index in [4.69, 9.17) is 0 Å². The summed E-state index contributed by atoms with van der Waals surface area (Å²) in [5, 5.41) is 2.92. The molecule has 0 unspecified atom stereocenters.